The SMILES string of the molecule is O=C(O)c1cccc(CCc2ccc(F)cc2)c1-n1cccc1. The van der Waals surface area contributed by atoms with Gasteiger partial charge >= 0.3 is 5.97 Å². The molecule has 2 aromatic carbocycles. The number of aromatic carboxylic acids is 1. The lowest BCUT2D eigenvalue weighted by molar-refractivity contribution is 0.0697. The van der Waals surface area contributed by atoms with Crippen molar-refractivity contribution in [1.29, 1.82) is 0 Å². The van der Waals surface area contributed by atoms with Gasteiger partial charge in [0.2, 0.25) is 0 Å². The molecule has 116 valence electrons. The van der Waals surface area contributed by atoms with Crippen LogP contribution in [0.15, 0.2) is 67.0 Å². The van der Waals surface area contributed by atoms with Gasteiger partial charge in [-0.05, 0) is 54.3 Å². The summed E-state index contributed by atoms with van der Waals surface area (Å²) in [4.78, 5) is 11.5. The van der Waals surface area contributed by atoms with Crippen molar-refractivity contribution >= 4 is 5.97 Å². The highest BCUT2D eigenvalue weighted by Crippen LogP contribution is 2.22. The number of rotatable bonds is 5. The normalized spacial score (nSPS) is 10.7. The quantitative estimate of drug-likeness (QED) is 0.771. The number of para-hydroxylation sites is 1. The highest BCUT2D eigenvalue weighted by molar-refractivity contribution is 5.92. The molecule has 1 N–H and O–H groups in total. The minimum absolute atomic E-state index is 0.255. The molecule has 0 saturated heterocycles. The van der Waals surface area contributed by atoms with E-state index in [-0.39, 0.29) is 11.4 Å². The van der Waals surface area contributed by atoms with Crippen LogP contribution in [-0.4, -0.2) is 15.6 Å². The van der Waals surface area contributed by atoms with Gasteiger partial charge in [-0.3, -0.25) is 0 Å². The van der Waals surface area contributed by atoms with Gasteiger partial charge in [-0.2, -0.15) is 0 Å². The summed E-state index contributed by atoms with van der Waals surface area (Å²) in [5.74, 6) is -1.20. The lowest BCUT2D eigenvalue weighted by Gasteiger charge is -2.14. The zero-order chi connectivity index (χ0) is 16.2. The highest BCUT2D eigenvalue weighted by Gasteiger charge is 2.15. The van der Waals surface area contributed by atoms with Crippen LogP contribution in [0.1, 0.15) is 21.5 Å². The second-order valence-corrected chi connectivity index (χ2v) is 5.34. The van der Waals surface area contributed by atoms with E-state index in [0.717, 1.165) is 17.5 Å². The largest absolute Gasteiger partial charge is 0.478 e. The number of benzene rings is 2. The number of aryl methyl sites for hydroxylation is 2. The Labute approximate surface area is 133 Å². The van der Waals surface area contributed by atoms with Gasteiger partial charge in [0.15, 0.2) is 0 Å². The van der Waals surface area contributed by atoms with Gasteiger partial charge in [0.05, 0.1) is 11.3 Å². The second-order valence-electron chi connectivity index (χ2n) is 5.34. The molecule has 0 unspecified atom stereocenters. The van der Waals surface area contributed by atoms with E-state index in [1.807, 2.05) is 35.2 Å². The molecule has 0 saturated carbocycles. The van der Waals surface area contributed by atoms with Crippen LogP contribution in [0, 0.1) is 5.82 Å². The molecule has 23 heavy (non-hydrogen) atoms. The van der Waals surface area contributed by atoms with Crippen LogP contribution in [0.5, 0.6) is 0 Å². The monoisotopic (exact) mass is 309 g/mol. The molecule has 3 nitrogen and oxygen atoms in total. The Morgan fingerprint density at radius 1 is 0.957 bits per heavy atom. The zero-order valence-electron chi connectivity index (χ0n) is 12.4. The van der Waals surface area contributed by atoms with Gasteiger partial charge in [0.25, 0.3) is 0 Å². The Kier molecular flexibility index (Phi) is 4.24. The molecular weight excluding hydrogens is 293 g/mol. The Hall–Kier alpha value is -2.88. The fraction of sp³-hybridized carbons (Fsp3) is 0.105. The summed E-state index contributed by atoms with van der Waals surface area (Å²) < 4.78 is 14.8. The van der Waals surface area contributed by atoms with Crippen molar-refractivity contribution < 1.29 is 14.3 Å². The Morgan fingerprint density at radius 2 is 1.65 bits per heavy atom. The second kappa shape index (κ2) is 6.48. The van der Waals surface area contributed by atoms with Crippen LogP contribution in [0.2, 0.25) is 0 Å². The first-order valence-electron chi connectivity index (χ1n) is 7.38. The van der Waals surface area contributed by atoms with Gasteiger partial charge in [-0.1, -0.05) is 24.3 Å². The fourth-order valence-corrected chi connectivity index (χ4v) is 2.68. The molecule has 1 heterocycles. The number of carboxylic acid groups (broad SMARTS) is 1. The number of carbonyl (C=O) groups is 1. The molecule has 0 amide bonds. The first-order valence-corrected chi connectivity index (χ1v) is 7.38. The Balaban J connectivity index is 1.94. The van der Waals surface area contributed by atoms with Crippen molar-refractivity contribution in [1.82, 2.24) is 4.57 Å². The van der Waals surface area contributed by atoms with Crippen molar-refractivity contribution in [3.63, 3.8) is 0 Å². The van der Waals surface area contributed by atoms with Crippen LogP contribution in [0.25, 0.3) is 5.69 Å². The molecule has 0 spiro atoms. The van der Waals surface area contributed by atoms with E-state index in [1.165, 1.54) is 12.1 Å². The summed E-state index contributed by atoms with van der Waals surface area (Å²) >= 11 is 0. The van der Waals surface area contributed by atoms with Gasteiger partial charge in [-0.25, -0.2) is 9.18 Å². The number of carboxylic acids is 1. The maximum atomic E-state index is 13.0. The van der Waals surface area contributed by atoms with Crippen LogP contribution >= 0.6 is 0 Å². The average molecular weight is 309 g/mol. The van der Waals surface area contributed by atoms with E-state index in [0.29, 0.717) is 12.1 Å². The number of halogens is 1. The van der Waals surface area contributed by atoms with Crippen LogP contribution in [-0.2, 0) is 12.8 Å². The maximum absolute atomic E-state index is 13.0. The van der Waals surface area contributed by atoms with Crippen molar-refractivity contribution in [3.8, 4) is 5.69 Å². The third kappa shape index (κ3) is 3.31. The lowest BCUT2D eigenvalue weighted by Crippen LogP contribution is -2.08. The molecule has 3 rings (SSSR count). The summed E-state index contributed by atoms with van der Waals surface area (Å²) in [5.41, 5.74) is 2.93. The minimum atomic E-state index is -0.947. The van der Waals surface area contributed by atoms with Gasteiger partial charge in [0.1, 0.15) is 5.82 Å². The summed E-state index contributed by atoms with van der Waals surface area (Å²) in [7, 11) is 0. The van der Waals surface area contributed by atoms with Gasteiger partial charge in [0, 0.05) is 12.4 Å². The summed E-state index contributed by atoms with van der Waals surface area (Å²) in [6.45, 7) is 0. The minimum Gasteiger partial charge on any atom is -0.478 e. The zero-order valence-corrected chi connectivity index (χ0v) is 12.4. The van der Waals surface area contributed by atoms with E-state index in [9.17, 15) is 14.3 Å². The van der Waals surface area contributed by atoms with E-state index >= 15 is 0 Å². The van der Waals surface area contributed by atoms with Crippen LogP contribution < -0.4 is 0 Å². The number of nitrogens with zero attached hydrogens (tertiary/aromatic N) is 1. The molecule has 0 radical (unpaired) electrons. The topological polar surface area (TPSA) is 42.2 Å². The van der Waals surface area contributed by atoms with Crippen molar-refractivity contribution in [3.05, 3.63) is 89.5 Å². The van der Waals surface area contributed by atoms with Gasteiger partial charge in [-0.15, -0.1) is 0 Å². The first kappa shape index (κ1) is 15.0. The molecular formula is C19H16FNO2. The summed E-state index contributed by atoms with van der Waals surface area (Å²) in [5, 5.41) is 9.45. The molecule has 0 aliphatic heterocycles. The molecule has 0 fully saturated rings. The standard InChI is InChI=1S/C19H16FNO2/c20-16-10-7-14(8-11-16)6-9-15-4-3-5-17(19(22)23)18(15)21-12-1-2-13-21/h1-5,7-8,10-13H,6,9H2,(H,22,23). The molecule has 0 bridgehead atoms. The molecule has 4 heteroatoms. The number of aromatic nitrogens is 1. The third-order valence-electron chi connectivity index (χ3n) is 3.81. The Bertz CT molecular complexity index is 808. The predicted octanol–water partition coefficient (Wildman–Crippen LogP) is 4.10. The van der Waals surface area contributed by atoms with E-state index in [1.54, 1.807) is 24.3 Å². The highest BCUT2D eigenvalue weighted by atomic mass is 19.1. The van der Waals surface area contributed by atoms with E-state index in [2.05, 4.69) is 0 Å². The van der Waals surface area contributed by atoms with Crippen molar-refractivity contribution in [2.45, 2.75) is 12.8 Å². The van der Waals surface area contributed by atoms with Gasteiger partial charge < -0.3 is 9.67 Å². The number of hydrogen-bond donors (Lipinski definition) is 1. The van der Waals surface area contributed by atoms with Crippen molar-refractivity contribution in [2.24, 2.45) is 0 Å². The maximum Gasteiger partial charge on any atom is 0.337 e. The summed E-state index contributed by atoms with van der Waals surface area (Å²) in [6.07, 6.45) is 5.07. The smallest absolute Gasteiger partial charge is 0.337 e. The molecule has 0 atom stereocenters. The molecule has 0 aliphatic rings. The average Bonchev–Trinajstić information content (AvgIpc) is 3.08. The lowest BCUT2D eigenvalue weighted by atomic mass is 9.99. The van der Waals surface area contributed by atoms with E-state index < -0.39 is 5.97 Å². The molecule has 1 aromatic heterocycles. The predicted molar refractivity (Wildman–Crippen MR) is 86.5 cm³/mol. The fourth-order valence-electron chi connectivity index (χ4n) is 2.68. The third-order valence-corrected chi connectivity index (χ3v) is 3.81. The van der Waals surface area contributed by atoms with Crippen LogP contribution in [0.3, 0.4) is 0 Å². The van der Waals surface area contributed by atoms with Crippen molar-refractivity contribution in [2.75, 3.05) is 0 Å². The molecule has 3 aromatic rings. The summed E-state index contributed by atoms with van der Waals surface area (Å²) in [6, 6.07) is 15.4. The van der Waals surface area contributed by atoms with Crippen LogP contribution in [0.4, 0.5) is 4.39 Å². The molecule has 0 aliphatic carbocycles. The number of hydrogen-bond acceptors (Lipinski definition) is 1. The Morgan fingerprint density at radius 3 is 2.30 bits per heavy atom. The first-order chi connectivity index (χ1) is 11.1. The van der Waals surface area contributed by atoms with E-state index in [4.69, 9.17) is 0 Å².